The third kappa shape index (κ3) is 11.8. The molecule has 0 bridgehead atoms. The van der Waals surface area contributed by atoms with Crippen LogP contribution < -0.4 is 0 Å². The molecule has 0 aromatic rings. The molecule has 0 heterocycles. The quantitative estimate of drug-likeness (QED) is 0.504. The van der Waals surface area contributed by atoms with Crippen molar-refractivity contribution in [2.45, 2.75) is 53.4 Å². The number of methoxy groups -OCH3 is 1. The third-order valence-corrected chi connectivity index (χ3v) is 2.79. The standard InChI is InChI=1S/C9H16O2.C7H14O2/c1-4-6-8(3)9(10)11-7-5-2;1-4-5-6(2)7(8)9-3/h5,8H,2,4,6-7H2,1,3H3;6H,4-5H2,1-3H3. The minimum absolute atomic E-state index is 0.0277. The number of hydrogen-bond acceptors (Lipinski definition) is 4. The van der Waals surface area contributed by atoms with Crippen LogP contribution in [-0.4, -0.2) is 25.7 Å². The maximum atomic E-state index is 11.0. The van der Waals surface area contributed by atoms with E-state index in [4.69, 9.17) is 4.74 Å². The Morgan fingerprint density at radius 2 is 1.50 bits per heavy atom. The van der Waals surface area contributed by atoms with E-state index in [9.17, 15) is 9.59 Å². The molecule has 0 rings (SSSR count). The van der Waals surface area contributed by atoms with Gasteiger partial charge in [0.15, 0.2) is 0 Å². The summed E-state index contributed by atoms with van der Waals surface area (Å²) in [6.07, 6.45) is 5.46. The topological polar surface area (TPSA) is 52.6 Å². The molecule has 0 aromatic heterocycles. The average Bonchev–Trinajstić information content (AvgIpc) is 2.44. The van der Waals surface area contributed by atoms with Gasteiger partial charge in [0.1, 0.15) is 6.61 Å². The molecule has 0 saturated heterocycles. The van der Waals surface area contributed by atoms with Crippen molar-refractivity contribution in [1.29, 1.82) is 0 Å². The Kier molecular flexibility index (Phi) is 14.8. The predicted octanol–water partition coefficient (Wildman–Crippen LogP) is 3.75. The van der Waals surface area contributed by atoms with Gasteiger partial charge in [0, 0.05) is 0 Å². The molecule has 0 saturated carbocycles. The van der Waals surface area contributed by atoms with Gasteiger partial charge in [-0.25, -0.2) is 0 Å². The van der Waals surface area contributed by atoms with Gasteiger partial charge in [0.2, 0.25) is 0 Å². The van der Waals surface area contributed by atoms with E-state index in [0.29, 0.717) is 6.61 Å². The van der Waals surface area contributed by atoms with Crippen molar-refractivity contribution in [3.05, 3.63) is 12.7 Å². The highest BCUT2D eigenvalue weighted by atomic mass is 16.5. The van der Waals surface area contributed by atoms with Crippen LogP contribution in [0, 0.1) is 11.8 Å². The summed E-state index contributed by atoms with van der Waals surface area (Å²) < 4.78 is 9.37. The van der Waals surface area contributed by atoms with Gasteiger partial charge in [-0.1, -0.05) is 53.2 Å². The second kappa shape index (κ2) is 14.1. The second-order valence-electron chi connectivity index (χ2n) is 4.82. The highest BCUT2D eigenvalue weighted by Crippen LogP contribution is 2.06. The summed E-state index contributed by atoms with van der Waals surface area (Å²) in [6.45, 7) is 11.7. The zero-order chi connectivity index (χ0) is 16.0. The van der Waals surface area contributed by atoms with Crippen LogP contribution in [0.4, 0.5) is 0 Å². The molecule has 118 valence electrons. The summed E-state index contributed by atoms with van der Waals surface area (Å²) in [4.78, 5) is 21.7. The Labute approximate surface area is 123 Å². The molecular weight excluding hydrogens is 256 g/mol. The first-order valence-electron chi connectivity index (χ1n) is 7.29. The van der Waals surface area contributed by atoms with Crippen LogP contribution in [0.25, 0.3) is 0 Å². The Balaban J connectivity index is 0. The van der Waals surface area contributed by atoms with Crippen molar-refractivity contribution in [2.75, 3.05) is 13.7 Å². The third-order valence-electron chi connectivity index (χ3n) is 2.79. The largest absolute Gasteiger partial charge is 0.469 e. The molecule has 0 aliphatic rings. The fourth-order valence-electron chi connectivity index (χ4n) is 1.59. The van der Waals surface area contributed by atoms with Gasteiger partial charge in [-0.05, 0) is 12.8 Å². The lowest BCUT2D eigenvalue weighted by Gasteiger charge is -2.07. The Hall–Kier alpha value is -1.32. The van der Waals surface area contributed by atoms with Crippen molar-refractivity contribution < 1.29 is 19.1 Å². The fourth-order valence-corrected chi connectivity index (χ4v) is 1.59. The van der Waals surface area contributed by atoms with E-state index >= 15 is 0 Å². The molecule has 20 heavy (non-hydrogen) atoms. The van der Waals surface area contributed by atoms with Crippen LogP contribution >= 0.6 is 0 Å². The molecule has 0 radical (unpaired) electrons. The van der Waals surface area contributed by atoms with Crippen LogP contribution in [0.2, 0.25) is 0 Å². The molecule has 4 nitrogen and oxygen atoms in total. The minimum atomic E-state index is -0.119. The first-order chi connectivity index (χ1) is 9.44. The van der Waals surface area contributed by atoms with Crippen molar-refractivity contribution in [3.63, 3.8) is 0 Å². The first-order valence-corrected chi connectivity index (χ1v) is 7.29. The number of ether oxygens (including phenoxy) is 2. The molecule has 0 fully saturated rings. The summed E-state index contributed by atoms with van der Waals surface area (Å²) in [5, 5.41) is 0. The van der Waals surface area contributed by atoms with E-state index in [2.05, 4.69) is 25.2 Å². The van der Waals surface area contributed by atoms with Crippen LogP contribution in [-0.2, 0) is 19.1 Å². The van der Waals surface area contributed by atoms with Gasteiger partial charge in [0.25, 0.3) is 0 Å². The highest BCUT2D eigenvalue weighted by Gasteiger charge is 2.11. The molecular formula is C16H30O4. The average molecular weight is 286 g/mol. The summed E-state index contributed by atoms with van der Waals surface area (Å²) in [5.41, 5.74) is 0. The van der Waals surface area contributed by atoms with E-state index in [1.54, 1.807) is 6.08 Å². The molecule has 0 N–H and O–H groups in total. The van der Waals surface area contributed by atoms with Crippen molar-refractivity contribution in [2.24, 2.45) is 11.8 Å². The van der Waals surface area contributed by atoms with E-state index in [0.717, 1.165) is 25.7 Å². The van der Waals surface area contributed by atoms with Gasteiger partial charge >= 0.3 is 11.9 Å². The normalized spacial score (nSPS) is 12.4. The van der Waals surface area contributed by atoms with Gasteiger partial charge in [0.05, 0.1) is 18.9 Å². The molecule has 0 spiro atoms. The van der Waals surface area contributed by atoms with Crippen molar-refractivity contribution in [1.82, 2.24) is 0 Å². The second-order valence-corrected chi connectivity index (χ2v) is 4.82. The SMILES string of the molecule is C=CCOC(=O)C(C)CCC.CCCC(C)C(=O)OC. The molecule has 0 amide bonds. The lowest BCUT2D eigenvalue weighted by Crippen LogP contribution is -2.14. The Morgan fingerprint density at radius 1 is 1.05 bits per heavy atom. The summed E-state index contributed by atoms with van der Waals surface area (Å²) in [5.74, 6) is -0.122. The fraction of sp³-hybridized carbons (Fsp3) is 0.750. The zero-order valence-corrected chi connectivity index (χ0v) is 13.6. The van der Waals surface area contributed by atoms with Gasteiger partial charge in [-0.15, -0.1) is 0 Å². The molecule has 4 heteroatoms. The van der Waals surface area contributed by atoms with Gasteiger partial charge in [-0.2, -0.15) is 0 Å². The maximum Gasteiger partial charge on any atom is 0.308 e. The van der Waals surface area contributed by atoms with Crippen LogP contribution in [0.1, 0.15) is 53.4 Å². The number of carbonyl (C=O) groups is 2. The minimum Gasteiger partial charge on any atom is -0.469 e. The molecule has 2 atom stereocenters. The summed E-state index contributed by atoms with van der Waals surface area (Å²) in [6, 6.07) is 0. The van der Waals surface area contributed by atoms with Gasteiger partial charge < -0.3 is 9.47 Å². The van der Waals surface area contributed by atoms with E-state index < -0.39 is 0 Å². The maximum absolute atomic E-state index is 11.0. The smallest absolute Gasteiger partial charge is 0.308 e. The molecule has 0 aromatic carbocycles. The number of carbonyl (C=O) groups excluding carboxylic acids is 2. The molecule has 0 aliphatic carbocycles. The van der Waals surface area contributed by atoms with E-state index in [-0.39, 0.29) is 23.8 Å². The molecule has 2 unspecified atom stereocenters. The highest BCUT2D eigenvalue weighted by molar-refractivity contribution is 5.72. The number of hydrogen-bond donors (Lipinski definition) is 0. The summed E-state index contributed by atoms with van der Waals surface area (Å²) >= 11 is 0. The molecule has 0 aliphatic heterocycles. The van der Waals surface area contributed by atoms with E-state index in [1.807, 2.05) is 13.8 Å². The van der Waals surface area contributed by atoms with Gasteiger partial charge in [-0.3, -0.25) is 9.59 Å². The monoisotopic (exact) mass is 286 g/mol. The van der Waals surface area contributed by atoms with Crippen LogP contribution in [0.5, 0.6) is 0 Å². The lowest BCUT2D eigenvalue weighted by molar-refractivity contribution is -0.147. The number of rotatable bonds is 8. The Bertz CT molecular complexity index is 274. The van der Waals surface area contributed by atoms with Crippen LogP contribution in [0.15, 0.2) is 12.7 Å². The predicted molar refractivity (Wildman–Crippen MR) is 81.3 cm³/mol. The number of esters is 2. The summed E-state index contributed by atoms with van der Waals surface area (Å²) in [7, 11) is 1.43. The lowest BCUT2D eigenvalue weighted by atomic mass is 10.1. The van der Waals surface area contributed by atoms with Crippen molar-refractivity contribution in [3.8, 4) is 0 Å². The van der Waals surface area contributed by atoms with Crippen molar-refractivity contribution >= 4 is 11.9 Å². The first kappa shape index (κ1) is 21.0. The van der Waals surface area contributed by atoms with Crippen LogP contribution in [0.3, 0.4) is 0 Å². The Morgan fingerprint density at radius 3 is 1.85 bits per heavy atom. The van der Waals surface area contributed by atoms with E-state index in [1.165, 1.54) is 7.11 Å². The zero-order valence-electron chi connectivity index (χ0n) is 13.6.